The van der Waals surface area contributed by atoms with E-state index in [4.69, 9.17) is 0 Å². The second-order valence-corrected chi connectivity index (χ2v) is 9.43. The van der Waals surface area contributed by atoms with Crippen LogP contribution in [-0.4, -0.2) is 65.3 Å². The SMILES string of the molecule is CC(C)CC(=O)N1CCCC1C(=O)N1CCN(C(c2ccccc2)c2ccccc2)CC1. The van der Waals surface area contributed by atoms with E-state index in [1.54, 1.807) is 0 Å². The molecule has 5 nitrogen and oxygen atoms in total. The molecule has 2 aliphatic heterocycles. The predicted molar refractivity (Wildman–Crippen MR) is 127 cm³/mol. The molecule has 32 heavy (non-hydrogen) atoms. The van der Waals surface area contributed by atoms with E-state index in [2.05, 4.69) is 79.4 Å². The number of piperazine rings is 1. The van der Waals surface area contributed by atoms with Crippen molar-refractivity contribution >= 4 is 11.8 Å². The van der Waals surface area contributed by atoms with Gasteiger partial charge in [0.1, 0.15) is 6.04 Å². The van der Waals surface area contributed by atoms with Crippen LogP contribution in [0.2, 0.25) is 0 Å². The van der Waals surface area contributed by atoms with Gasteiger partial charge in [0.15, 0.2) is 0 Å². The first-order valence-electron chi connectivity index (χ1n) is 12.0. The molecule has 2 fully saturated rings. The lowest BCUT2D eigenvalue weighted by molar-refractivity contribution is -0.145. The molecular formula is C27H35N3O2. The van der Waals surface area contributed by atoms with Gasteiger partial charge in [0.2, 0.25) is 11.8 Å². The molecule has 0 N–H and O–H groups in total. The van der Waals surface area contributed by atoms with E-state index in [1.807, 2.05) is 9.80 Å². The Labute approximate surface area is 192 Å². The largest absolute Gasteiger partial charge is 0.338 e. The maximum absolute atomic E-state index is 13.3. The summed E-state index contributed by atoms with van der Waals surface area (Å²) in [5.41, 5.74) is 2.56. The van der Waals surface area contributed by atoms with E-state index in [-0.39, 0.29) is 23.9 Å². The lowest BCUT2D eigenvalue weighted by Gasteiger charge is -2.41. The van der Waals surface area contributed by atoms with Crippen LogP contribution in [0.4, 0.5) is 0 Å². The van der Waals surface area contributed by atoms with Crippen LogP contribution in [-0.2, 0) is 9.59 Å². The third-order valence-electron chi connectivity index (χ3n) is 6.66. The molecule has 1 atom stereocenters. The molecule has 2 heterocycles. The Kier molecular flexibility index (Phi) is 7.26. The van der Waals surface area contributed by atoms with Gasteiger partial charge < -0.3 is 9.80 Å². The minimum atomic E-state index is -0.271. The fourth-order valence-electron chi connectivity index (χ4n) is 5.08. The van der Waals surface area contributed by atoms with Crippen molar-refractivity contribution in [1.29, 1.82) is 0 Å². The average Bonchev–Trinajstić information content (AvgIpc) is 3.31. The maximum atomic E-state index is 13.3. The summed E-state index contributed by atoms with van der Waals surface area (Å²) in [6.45, 7) is 7.89. The fraction of sp³-hybridized carbons (Fsp3) is 0.481. The van der Waals surface area contributed by atoms with Gasteiger partial charge in [-0.05, 0) is 29.9 Å². The Hall–Kier alpha value is -2.66. The topological polar surface area (TPSA) is 43.9 Å². The summed E-state index contributed by atoms with van der Waals surface area (Å²) in [5.74, 6) is 0.577. The number of likely N-dealkylation sites (tertiary alicyclic amines) is 1. The van der Waals surface area contributed by atoms with Gasteiger partial charge in [-0.1, -0.05) is 74.5 Å². The molecule has 2 saturated heterocycles. The third kappa shape index (κ3) is 5.04. The van der Waals surface area contributed by atoms with E-state index < -0.39 is 0 Å². The van der Waals surface area contributed by atoms with Gasteiger partial charge in [0.05, 0.1) is 6.04 Å². The Morgan fingerprint density at radius 2 is 1.41 bits per heavy atom. The molecular weight excluding hydrogens is 398 g/mol. The highest BCUT2D eigenvalue weighted by atomic mass is 16.2. The molecule has 4 rings (SSSR count). The van der Waals surface area contributed by atoms with Crippen molar-refractivity contribution in [2.24, 2.45) is 5.92 Å². The van der Waals surface area contributed by atoms with Crippen molar-refractivity contribution < 1.29 is 9.59 Å². The first kappa shape index (κ1) is 22.5. The number of benzene rings is 2. The normalized spacial score (nSPS) is 19.7. The zero-order valence-electron chi connectivity index (χ0n) is 19.3. The number of amides is 2. The monoisotopic (exact) mass is 433 g/mol. The number of carbonyl (C=O) groups excluding carboxylic acids is 2. The highest BCUT2D eigenvalue weighted by Gasteiger charge is 2.38. The molecule has 170 valence electrons. The van der Waals surface area contributed by atoms with E-state index in [1.165, 1.54) is 11.1 Å². The van der Waals surface area contributed by atoms with Crippen LogP contribution in [0.3, 0.4) is 0 Å². The molecule has 0 radical (unpaired) electrons. The molecule has 0 bridgehead atoms. The molecule has 2 amide bonds. The second-order valence-electron chi connectivity index (χ2n) is 9.43. The summed E-state index contributed by atoms with van der Waals surface area (Å²) in [6, 6.07) is 21.1. The fourth-order valence-corrected chi connectivity index (χ4v) is 5.08. The van der Waals surface area contributed by atoms with Gasteiger partial charge in [-0.2, -0.15) is 0 Å². The van der Waals surface area contributed by atoms with E-state index in [9.17, 15) is 9.59 Å². The molecule has 0 aliphatic carbocycles. The Morgan fingerprint density at radius 1 is 0.844 bits per heavy atom. The quantitative estimate of drug-likeness (QED) is 0.693. The molecule has 0 saturated carbocycles. The Balaban J connectivity index is 1.43. The van der Waals surface area contributed by atoms with Crippen molar-refractivity contribution in [2.45, 2.75) is 45.2 Å². The number of nitrogens with zero attached hydrogens (tertiary/aromatic N) is 3. The average molecular weight is 434 g/mol. The van der Waals surface area contributed by atoms with Gasteiger partial charge in [0.25, 0.3) is 0 Å². The number of rotatable bonds is 6. The molecule has 1 unspecified atom stereocenters. The summed E-state index contributed by atoms with van der Waals surface area (Å²) in [4.78, 5) is 32.3. The zero-order chi connectivity index (χ0) is 22.5. The van der Waals surface area contributed by atoms with Crippen LogP contribution in [0.15, 0.2) is 60.7 Å². The third-order valence-corrected chi connectivity index (χ3v) is 6.66. The van der Waals surface area contributed by atoms with Gasteiger partial charge in [-0.15, -0.1) is 0 Å². The van der Waals surface area contributed by atoms with E-state index >= 15 is 0 Å². The first-order valence-corrected chi connectivity index (χ1v) is 12.0. The van der Waals surface area contributed by atoms with Crippen LogP contribution in [0.5, 0.6) is 0 Å². The van der Waals surface area contributed by atoms with Crippen molar-refractivity contribution in [3.63, 3.8) is 0 Å². The number of hydrogen-bond acceptors (Lipinski definition) is 3. The van der Waals surface area contributed by atoms with Crippen LogP contribution in [0, 0.1) is 5.92 Å². The molecule has 5 heteroatoms. The minimum absolute atomic E-state index is 0.128. The summed E-state index contributed by atoms with van der Waals surface area (Å²) >= 11 is 0. The lowest BCUT2D eigenvalue weighted by Crippen LogP contribution is -2.55. The highest BCUT2D eigenvalue weighted by molar-refractivity contribution is 5.88. The smallest absolute Gasteiger partial charge is 0.245 e. The first-order chi connectivity index (χ1) is 15.5. The summed E-state index contributed by atoms with van der Waals surface area (Å²) < 4.78 is 0. The van der Waals surface area contributed by atoms with Crippen LogP contribution in [0.1, 0.15) is 50.3 Å². The van der Waals surface area contributed by atoms with Crippen molar-refractivity contribution in [3.05, 3.63) is 71.8 Å². The predicted octanol–water partition coefficient (Wildman–Crippen LogP) is 3.96. The van der Waals surface area contributed by atoms with E-state index in [0.717, 1.165) is 25.9 Å². The molecule has 0 aromatic heterocycles. The second kappa shape index (κ2) is 10.3. The van der Waals surface area contributed by atoms with Crippen molar-refractivity contribution in [3.8, 4) is 0 Å². The summed E-state index contributed by atoms with van der Waals surface area (Å²) in [6.07, 6.45) is 2.23. The lowest BCUT2D eigenvalue weighted by atomic mass is 9.96. The Bertz CT molecular complexity index is 852. The molecule has 0 spiro atoms. The van der Waals surface area contributed by atoms with Crippen molar-refractivity contribution in [2.75, 3.05) is 32.7 Å². The van der Waals surface area contributed by atoms with Crippen molar-refractivity contribution in [1.82, 2.24) is 14.7 Å². The molecule has 2 aromatic carbocycles. The molecule has 2 aromatic rings. The van der Waals surface area contributed by atoms with Gasteiger partial charge >= 0.3 is 0 Å². The van der Waals surface area contributed by atoms with Crippen LogP contribution >= 0.6 is 0 Å². The Morgan fingerprint density at radius 3 is 1.94 bits per heavy atom. The highest BCUT2D eigenvalue weighted by Crippen LogP contribution is 2.30. The van der Waals surface area contributed by atoms with E-state index in [0.29, 0.717) is 32.0 Å². The maximum Gasteiger partial charge on any atom is 0.245 e. The van der Waals surface area contributed by atoms with Gasteiger partial charge in [-0.3, -0.25) is 14.5 Å². The summed E-state index contributed by atoms with van der Waals surface area (Å²) in [5, 5.41) is 0. The van der Waals surface area contributed by atoms with Crippen LogP contribution < -0.4 is 0 Å². The van der Waals surface area contributed by atoms with Crippen LogP contribution in [0.25, 0.3) is 0 Å². The summed E-state index contributed by atoms with van der Waals surface area (Å²) in [7, 11) is 0. The molecule has 2 aliphatic rings. The zero-order valence-corrected chi connectivity index (χ0v) is 19.3. The van der Waals surface area contributed by atoms with Gasteiger partial charge in [0, 0.05) is 39.1 Å². The minimum Gasteiger partial charge on any atom is -0.338 e. The number of hydrogen-bond donors (Lipinski definition) is 0. The van der Waals surface area contributed by atoms with Gasteiger partial charge in [-0.25, -0.2) is 0 Å². The number of carbonyl (C=O) groups is 2. The standard InChI is InChI=1S/C27H35N3O2/c1-21(2)20-25(31)30-15-9-14-24(30)27(32)29-18-16-28(17-19-29)26(22-10-5-3-6-11-22)23-12-7-4-8-13-23/h3-8,10-13,21,24,26H,9,14-20H2,1-2H3.